The topological polar surface area (TPSA) is 75.9 Å². The summed E-state index contributed by atoms with van der Waals surface area (Å²) in [4.78, 5) is 19.3. The molecule has 1 N–H and O–H groups in total. The average Bonchev–Trinajstić information content (AvgIpc) is 3.23. The van der Waals surface area contributed by atoms with Crippen LogP contribution in [0.25, 0.3) is 5.82 Å². The minimum atomic E-state index is 0. The van der Waals surface area contributed by atoms with Crippen molar-refractivity contribution in [3.63, 3.8) is 0 Å². The van der Waals surface area contributed by atoms with E-state index in [2.05, 4.69) is 20.5 Å². The van der Waals surface area contributed by atoms with Crippen molar-refractivity contribution in [3.8, 4) is 5.82 Å². The molecule has 0 saturated carbocycles. The van der Waals surface area contributed by atoms with Crippen molar-refractivity contribution < 1.29 is 4.79 Å². The lowest BCUT2D eigenvalue weighted by molar-refractivity contribution is 0.0636. The molecule has 2 aromatic rings. The van der Waals surface area contributed by atoms with Crippen LogP contribution in [0.2, 0.25) is 0 Å². The predicted octanol–water partition coefficient (Wildman–Crippen LogP) is 1.94. The van der Waals surface area contributed by atoms with Crippen LogP contribution in [0, 0.1) is 11.8 Å². The number of carbonyl (C=O) groups is 1. The van der Waals surface area contributed by atoms with Gasteiger partial charge in [0, 0.05) is 13.1 Å². The van der Waals surface area contributed by atoms with Gasteiger partial charge in [0.1, 0.15) is 24.2 Å². The molecule has 2 aliphatic rings. The maximum absolute atomic E-state index is 12.8. The van der Waals surface area contributed by atoms with E-state index in [1.54, 1.807) is 23.3 Å². The molecule has 2 aliphatic heterocycles. The summed E-state index contributed by atoms with van der Waals surface area (Å²) < 4.78 is 1.71. The molecule has 140 valence electrons. The van der Waals surface area contributed by atoms with E-state index in [0.717, 1.165) is 50.9 Å². The summed E-state index contributed by atoms with van der Waals surface area (Å²) in [5.74, 6) is 2.29. The number of likely N-dealkylation sites (tertiary alicyclic amines) is 1. The van der Waals surface area contributed by atoms with Gasteiger partial charge in [0.05, 0.1) is 0 Å². The van der Waals surface area contributed by atoms with Crippen molar-refractivity contribution in [2.45, 2.75) is 25.7 Å². The van der Waals surface area contributed by atoms with E-state index in [0.29, 0.717) is 11.5 Å². The van der Waals surface area contributed by atoms with Crippen molar-refractivity contribution in [2.75, 3.05) is 26.2 Å². The molecule has 0 unspecified atom stereocenters. The first-order valence-corrected chi connectivity index (χ1v) is 9.13. The van der Waals surface area contributed by atoms with Crippen molar-refractivity contribution in [3.05, 3.63) is 36.5 Å². The zero-order valence-electron chi connectivity index (χ0n) is 14.8. The highest BCUT2D eigenvalue weighted by molar-refractivity contribution is 5.92. The lowest BCUT2D eigenvalue weighted by atomic mass is 9.79. The van der Waals surface area contributed by atoms with Gasteiger partial charge in [-0.05, 0) is 62.7 Å². The minimum Gasteiger partial charge on any atom is -0.337 e. The van der Waals surface area contributed by atoms with Crippen LogP contribution in [0.4, 0.5) is 0 Å². The second kappa shape index (κ2) is 8.60. The van der Waals surface area contributed by atoms with Crippen LogP contribution in [0.15, 0.2) is 30.9 Å². The molecule has 1 amide bonds. The predicted molar refractivity (Wildman–Crippen MR) is 101 cm³/mol. The Labute approximate surface area is 159 Å². The summed E-state index contributed by atoms with van der Waals surface area (Å²) in [6.45, 7) is 3.96. The summed E-state index contributed by atoms with van der Waals surface area (Å²) >= 11 is 0. The Morgan fingerprint density at radius 3 is 2.35 bits per heavy atom. The van der Waals surface area contributed by atoms with Crippen molar-refractivity contribution in [1.29, 1.82) is 0 Å². The lowest BCUT2D eigenvalue weighted by Crippen LogP contribution is -2.42. The smallest absolute Gasteiger partial charge is 0.272 e. The third-order valence-corrected chi connectivity index (χ3v) is 5.51. The Morgan fingerprint density at radius 2 is 1.65 bits per heavy atom. The average molecular weight is 377 g/mol. The van der Waals surface area contributed by atoms with E-state index in [-0.39, 0.29) is 18.3 Å². The Morgan fingerprint density at radius 1 is 1.00 bits per heavy atom. The second-order valence-electron chi connectivity index (χ2n) is 6.97. The lowest BCUT2D eigenvalue weighted by Gasteiger charge is -2.37. The number of pyridine rings is 1. The molecule has 4 rings (SSSR count). The zero-order chi connectivity index (χ0) is 17.1. The van der Waals surface area contributed by atoms with Gasteiger partial charge in [-0.2, -0.15) is 0 Å². The van der Waals surface area contributed by atoms with Crippen molar-refractivity contribution in [1.82, 2.24) is 30.0 Å². The molecular formula is C18H25ClN6O. The quantitative estimate of drug-likeness (QED) is 0.885. The number of aromatic nitrogens is 4. The Kier molecular flexibility index (Phi) is 6.21. The number of piperidine rings is 2. The molecule has 0 aromatic carbocycles. The highest BCUT2D eigenvalue weighted by Crippen LogP contribution is 2.31. The molecule has 2 aromatic heterocycles. The number of carbonyl (C=O) groups excluding carboxylic acids is 1. The fraction of sp³-hybridized carbons (Fsp3) is 0.556. The van der Waals surface area contributed by atoms with Gasteiger partial charge >= 0.3 is 0 Å². The molecule has 7 nitrogen and oxygen atoms in total. The highest BCUT2D eigenvalue weighted by atomic mass is 35.5. The van der Waals surface area contributed by atoms with Gasteiger partial charge in [0.2, 0.25) is 0 Å². The third kappa shape index (κ3) is 4.04. The summed E-state index contributed by atoms with van der Waals surface area (Å²) in [5, 5.41) is 11.0. The first-order valence-electron chi connectivity index (χ1n) is 9.13. The molecule has 26 heavy (non-hydrogen) atoms. The molecule has 0 bridgehead atoms. The largest absolute Gasteiger partial charge is 0.337 e. The van der Waals surface area contributed by atoms with Crippen LogP contribution in [0.3, 0.4) is 0 Å². The fourth-order valence-corrected chi connectivity index (χ4v) is 4.06. The number of hydrogen-bond donors (Lipinski definition) is 1. The van der Waals surface area contributed by atoms with Gasteiger partial charge in [0.25, 0.3) is 5.91 Å². The molecule has 0 atom stereocenters. The van der Waals surface area contributed by atoms with E-state index in [4.69, 9.17) is 0 Å². The molecule has 2 fully saturated rings. The molecular weight excluding hydrogens is 352 g/mol. The van der Waals surface area contributed by atoms with Crippen LogP contribution in [0.5, 0.6) is 0 Å². The number of rotatable bonds is 3. The van der Waals surface area contributed by atoms with Crippen LogP contribution in [-0.4, -0.2) is 56.7 Å². The van der Waals surface area contributed by atoms with Gasteiger partial charge < -0.3 is 10.2 Å². The van der Waals surface area contributed by atoms with E-state index in [1.165, 1.54) is 12.8 Å². The Hall–Kier alpha value is -1.99. The van der Waals surface area contributed by atoms with E-state index in [9.17, 15) is 4.79 Å². The Balaban J connectivity index is 0.00000196. The number of amides is 1. The standard InChI is InChI=1S/C18H24N6O.ClH/c25-18(16-2-1-3-17(22-16)24-12-20-21-13-24)23-10-6-15(7-11-23)14-4-8-19-9-5-14;/h1-3,12-15,19H,4-11H2;1H. The number of nitrogens with one attached hydrogen (secondary N) is 1. The maximum Gasteiger partial charge on any atom is 0.272 e. The molecule has 4 heterocycles. The monoisotopic (exact) mass is 376 g/mol. The fourth-order valence-electron chi connectivity index (χ4n) is 4.06. The van der Waals surface area contributed by atoms with E-state index < -0.39 is 0 Å². The molecule has 8 heteroatoms. The van der Waals surface area contributed by atoms with Gasteiger partial charge in [-0.3, -0.25) is 9.36 Å². The number of hydrogen-bond acceptors (Lipinski definition) is 5. The maximum atomic E-state index is 12.8. The highest BCUT2D eigenvalue weighted by Gasteiger charge is 2.29. The minimum absolute atomic E-state index is 0. The summed E-state index contributed by atoms with van der Waals surface area (Å²) in [6.07, 6.45) is 7.95. The molecule has 2 saturated heterocycles. The normalized spacial score (nSPS) is 19.2. The van der Waals surface area contributed by atoms with Crippen LogP contribution in [-0.2, 0) is 0 Å². The van der Waals surface area contributed by atoms with Gasteiger partial charge in [0.15, 0.2) is 0 Å². The molecule has 0 radical (unpaired) electrons. The Bertz CT molecular complexity index is 708. The van der Waals surface area contributed by atoms with Gasteiger partial charge in [-0.15, -0.1) is 22.6 Å². The van der Waals surface area contributed by atoms with Crippen LogP contribution >= 0.6 is 12.4 Å². The first-order chi connectivity index (χ1) is 12.3. The number of halogens is 1. The van der Waals surface area contributed by atoms with E-state index in [1.807, 2.05) is 17.0 Å². The van der Waals surface area contributed by atoms with Gasteiger partial charge in [-0.25, -0.2) is 4.98 Å². The molecule has 0 spiro atoms. The number of nitrogens with zero attached hydrogens (tertiary/aromatic N) is 5. The van der Waals surface area contributed by atoms with Crippen LogP contribution < -0.4 is 5.32 Å². The third-order valence-electron chi connectivity index (χ3n) is 5.51. The summed E-state index contributed by atoms with van der Waals surface area (Å²) in [6, 6.07) is 5.50. The van der Waals surface area contributed by atoms with Crippen LogP contribution in [0.1, 0.15) is 36.2 Å². The summed E-state index contributed by atoms with van der Waals surface area (Å²) in [5.41, 5.74) is 0.492. The van der Waals surface area contributed by atoms with E-state index >= 15 is 0 Å². The van der Waals surface area contributed by atoms with Crippen molar-refractivity contribution >= 4 is 18.3 Å². The second-order valence-corrected chi connectivity index (χ2v) is 6.97. The van der Waals surface area contributed by atoms with Gasteiger partial charge in [-0.1, -0.05) is 6.07 Å². The SMILES string of the molecule is Cl.O=C(c1cccc(-n2cnnc2)n1)N1CCC(C2CCNCC2)CC1. The first kappa shape index (κ1) is 18.8. The summed E-state index contributed by atoms with van der Waals surface area (Å²) in [7, 11) is 0. The molecule has 0 aliphatic carbocycles. The van der Waals surface area contributed by atoms with Crippen molar-refractivity contribution in [2.24, 2.45) is 11.8 Å². The zero-order valence-corrected chi connectivity index (χ0v) is 15.6.